The number of hydrogen-bond donors (Lipinski definition) is 1. The molecule has 0 aliphatic rings. The predicted molar refractivity (Wildman–Crippen MR) is 73.5 cm³/mol. The van der Waals surface area contributed by atoms with E-state index in [0.29, 0.717) is 29.6 Å². The first kappa shape index (κ1) is 14.0. The molecule has 7 heteroatoms. The highest BCUT2D eigenvalue weighted by molar-refractivity contribution is 5.88. The van der Waals surface area contributed by atoms with E-state index >= 15 is 0 Å². The molecule has 0 saturated heterocycles. The van der Waals surface area contributed by atoms with E-state index in [1.165, 1.54) is 10.9 Å². The van der Waals surface area contributed by atoms with Crippen molar-refractivity contribution in [1.82, 2.24) is 19.7 Å². The lowest BCUT2D eigenvalue weighted by molar-refractivity contribution is 0.0526. The second kappa shape index (κ2) is 6.14. The summed E-state index contributed by atoms with van der Waals surface area (Å²) in [6.07, 6.45) is 4.67. The summed E-state index contributed by atoms with van der Waals surface area (Å²) in [5, 5.41) is 4.10. The number of carbonyl (C=O) groups excluding carboxylic acids is 1. The first-order valence-corrected chi connectivity index (χ1v) is 6.49. The average molecular weight is 275 g/mol. The van der Waals surface area contributed by atoms with Gasteiger partial charge >= 0.3 is 5.97 Å². The zero-order valence-electron chi connectivity index (χ0n) is 11.5. The number of nitrogens with two attached hydrogens (primary N) is 1. The van der Waals surface area contributed by atoms with Crippen LogP contribution in [-0.2, 0) is 11.2 Å². The van der Waals surface area contributed by atoms with Crippen LogP contribution in [0, 0.1) is 0 Å². The fourth-order valence-electron chi connectivity index (χ4n) is 1.72. The summed E-state index contributed by atoms with van der Waals surface area (Å²) in [4.78, 5) is 20.1. The number of nitrogen functional groups attached to an aromatic ring is 1. The molecule has 20 heavy (non-hydrogen) atoms. The maximum atomic E-state index is 11.6. The Hall–Kier alpha value is -2.44. The molecule has 0 fully saturated rings. The number of rotatable bonds is 5. The molecule has 0 saturated carbocycles. The minimum atomic E-state index is -0.408. The molecule has 0 unspecified atom stereocenters. The van der Waals surface area contributed by atoms with Crippen LogP contribution in [0.2, 0.25) is 0 Å². The second-order valence-electron chi connectivity index (χ2n) is 4.21. The number of esters is 1. The average Bonchev–Trinajstić information content (AvgIpc) is 2.88. The van der Waals surface area contributed by atoms with Crippen molar-refractivity contribution in [2.75, 3.05) is 12.3 Å². The number of carbonyl (C=O) groups is 1. The van der Waals surface area contributed by atoms with Crippen molar-refractivity contribution in [2.24, 2.45) is 0 Å². The van der Waals surface area contributed by atoms with Crippen LogP contribution in [0.25, 0.3) is 5.82 Å². The quantitative estimate of drug-likeness (QED) is 0.828. The van der Waals surface area contributed by atoms with E-state index in [0.717, 1.165) is 12.8 Å². The predicted octanol–water partition coefficient (Wildman–Crippen LogP) is 1.37. The van der Waals surface area contributed by atoms with Crippen molar-refractivity contribution in [2.45, 2.75) is 26.7 Å². The molecule has 106 valence electrons. The van der Waals surface area contributed by atoms with Gasteiger partial charge in [-0.15, -0.1) is 0 Å². The fourth-order valence-corrected chi connectivity index (χ4v) is 1.72. The molecular formula is C13H17N5O2. The minimum absolute atomic E-state index is 0.325. The number of nitrogens with zero attached hydrogens (tertiary/aromatic N) is 4. The van der Waals surface area contributed by atoms with Gasteiger partial charge in [0.1, 0.15) is 11.6 Å². The van der Waals surface area contributed by atoms with Gasteiger partial charge in [-0.25, -0.2) is 19.4 Å². The molecule has 0 aliphatic carbocycles. The van der Waals surface area contributed by atoms with E-state index in [9.17, 15) is 4.79 Å². The molecule has 2 aromatic heterocycles. The lowest BCUT2D eigenvalue weighted by Gasteiger charge is -2.04. The second-order valence-corrected chi connectivity index (χ2v) is 4.21. The molecular weight excluding hydrogens is 258 g/mol. The van der Waals surface area contributed by atoms with Gasteiger partial charge in [0.2, 0.25) is 0 Å². The van der Waals surface area contributed by atoms with Crippen LogP contribution < -0.4 is 5.73 Å². The Kier molecular flexibility index (Phi) is 4.29. The number of hydrogen-bond acceptors (Lipinski definition) is 6. The van der Waals surface area contributed by atoms with Gasteiger partial charge in [0.15, 0.2) is 5.82 Å². The number of aromatic nitrogens is 4. The number of aryl methyl sites for hydroxylation is 1. The van der Waals surface area contributed by atoms with Crippen LogP contribution in [0.5, 0.6) is 0 Å². The van der Waals surface area contributed by atoms with Gasteiger partial charge < -0.3 is 10.5 Å². The van der Waals surface area contributed by atoms with Crippen molar-refractivity contribution >= 4 is 11.8 Å². The van der Waals surface area contributed by atoms with Crippen LogP contribution >= 0.6 is 0 Å². The number of ether oxygens (including phenoxy) is 1. The van der Waals surface area contributed by atoms with Gasteiger partial charge in [-0.2, -0.15) is 5.10 Å². The summed E-state index contributed by atoms with van der Waals surface area (Å²) in [5.74, 6) is 1.17. The zero-order valence-corrected chi connectivity index (χ0v) is 11.5. The zero-order chi connectivity index (χ0) is 14.5. The molecule has 0 amide bonds. The minimum Gasteiger partial charge on any atom is -0.462 e. The number of anilines is 1. The van der Waals surface area contributed by atoms with Crippen LogP contribution in [0.1, 0.15) is 36.5 Å². The third kappa shape index (κ3) is 3.11. The molecule has 2 heterocycles. The van der Waals surface area contributed by atoms with E-state index in [4.69, 9.17) is 10.5 Å². The third-order valence-electron chi connectivity index (χ3n) is 2.58. The Balaban J connectivity index is 2.29. The lowest BCUT2D eigenvalue weighted by Crippen LogP contribution is -2.06. The highest BCUT2D eigenvalue weighted by Crippen LogP contribution is 2.11. The van der Waals surface area contributed by atoms with Crippen molar-refractivity contribution in [3.63, 3.8) is 0 Å². The summed E-state index contributed by atoms with van der Waals surface area (Å²) in [7, 11) is 0. The molecule has 7 nitrogen and oxygen atoms in total. The molecule has 2 N–H and O–H groups in total. The molecule has 0 atom stereocenters. The topological polar surface area (TPSA) is 95.9 Å². The summed E-state index contributed by atoms with van der Waals surface area (Å²) in [5.41, 5.74) is 6.13. The summed E-state index contributed by atoms with van der Waals surface area (Å²) in [6, 6.07) is 1.61. The third-order valence-corrected chi connectivity index (χ3v) is 2.58. The molecule has 0 radical (unpaired) electrons. The molecule has 0 aromatic carbocycles. The smallest absolute Gasteiger partial charge is 0.341 e. The summed E-state index contributed by atoms with van der Waals surface area (Å²) < 4.78 is 6.40. The Morgan fingerprint density at radius 1 is 1.40 bits per heavy atom. The first-order valence-electron chi connectivity index (χ1n) is 6.49. The normalized spacial score (nSPS) is 10.5. The van der Waals surface area contributed by atoms with E-state index in [2.05, 4.69) is 15.1 Å². The monoisotopic (exact) mass is 275 g/mol. The van der Waals surface area contributed by atoms with Gasteiger partial charge in [-0.05, 0) is 13.3 Å². The Morgan fingerprint density at radius 2 is 2.20 bits per heavy atom. The van der Waals surface area contributed by atoms with Crippen LogP contribution in [-0.4, -0.2) is 32.3 Å². The van der Waals surface area contributed by atoms with E-state index in [1.807, 2.05) is 6.92 Å². The fraction of sp³-hybridized carbons (Fsp3) is 0.385. The molecule has 0 aliphatic heterocycles. The summed E-state index contributed by atoms with van der Waals surface area (Å²) >= 11 is 0. The first-order chi connectivity index (χ1) is 9.63. The Bertz CT molecular complexity index is 609. The van der Waals surface area contributed by atoms with Crippen molar-refractivity contribution in [3.05, 3.63) is 29.8 Å². The van der Waals surface area contributed by atoms with Crippen molar-refractivity contribution in [1.29, 1.82) is 0 Å². The Labute approximate surface area is 116 Å². The maximum absolute atomic E-state index is 11.6. The van der Waals surface area contributed by atoms with Gasteiger partial charge in [-0.3, -0.25) is 0 Å². The van der Waals surface area contributed by atoms with Crippen LogP contribution in [0.3, 0.4) is 0 Å². The van der Waals surface area contributed by atoms with Crippen LogP contribution in [0.15, 0.2) is 18.5 Å². The lowest BCUT2D eigenvalue weighted by atomic mass is 10.3. The highest BCUT2D eigenvalue weighted by Gasteiger charge is 2.11. The van der Waals surface area contributed by atoms with Crippen molar-refractivity contribution < 1.29 is 9.53 Å². The van der Waals surface area contributed by atoms with Gasteiger partial charge in [0.05, 0.1) is 18.4 Å². The molecule has 0 bridgehead atoms. The maximum Gasteiger partial charge on any atom is 0.341 e. The van der Waals surface area contributed by atoms with Gasteiger partial charge in [0, 0.05) is 18.7 Å². The molecule has 2 aromatic rings. The van der Waals surface area contributed by atoms with Crippen LogP contribution in [0.4, 0.5) is 5.82 Å². The standard InChI is InChI=1S/C13H17N5O2/c1-3-5-11-16-10(14)6-12(17-11)18-8-9(7-15-18)13(19)20-4-2/h6-8H,3-5H2,1-2H3,(H2,14,16,17). The van der Waals surface area contributed by atoms with Gasteiger partial charge in [0.25, 0.3) is 0 Å². The Morgan fingerprint density at radius 3 is 2.90 bits per heavy atom. The largest absolute Gasteiger partial charge is 0.462 e. The van der Waals surface area contributed by atoms with Gasteiger partial charge in [-0.1, -0.05) is 6.92 Å². The molecule has 2 rings (SSSR count). The van der Waals surface area contributed by atoms with E-state index in [1.54, 1.807) is 19.2 Å². The van der Waals surface area contributed by atoms with Crippen molar-refractivity contribution in [3.8, 4) is 5.82 Å². The van der Waals surface area contributed by atoms with E-state index in [-0.39, 0.29) is 0 Å². The SMILES string of the molecule is CCCc1nc(N)cc(-n2cc(C(=O)OCC)cn2)n1. The molecule has 0 spiro atoms. The highest BCUT2D eigenvalue weighted by atomic mass is 16.5. The summed E-state index contributed by atoms with van der Waals surface area (Å²) in [6.45, 7) is 4.12. The van der Waals surface area contributed by atoms with E-state index < -0.39 is 5.97 Å².